The summed E-state index contributed by atoms with van der Waals surface area (Å²) in [5.41, 5.74) is -1.82. The second-order valence-electron chi connectivity index (χ2n) is 1.96. The van der Waals surface area contributed by atoms with E-state index in [1.165, 1.54) is 6.92 Å². The van der Waals surface area contributed by atoms with E-state index in [1.807, 2.05) is 0 Å². The molecule has 0 fully saturated rings. The summed E-state index contributed by atoms with van der Waals surface area (Å²) >= 11 is 0. The molecule has 0 N–H and O–H groups in total. The van der Waals surface area contributed by atoms with E-state index in [4.69, 9.17) is 0 Å². The molecule has 0 heterocycles. The highest BCUT2D eigenvalue weighted by Gasteiger charge is 2.24. The number of allylic oxidation sites excluding steroid dienone is 1. The van der Waals surface area contributed by atoms with Crippen molar-refractivity contribution in [2.24, 2.45) is 0 Å². The van der Waals surface area contributed by atoms with Crippen LogP contribution in [0.2, 0.25) is 0 Å². The molecule has 2 heteroatoms. The van der Waals surface area contributed by atoms with Crippen LogP contribution < -0.4 is 0 Å². The predicted molar refractivity (Wildman–Crippen MR) is 30.1 cm³/mol. The van der Waals surface area contributed by atoms with Gasteiger partial charge in [-0.3, -0.25) is 0 Å². The summed E-state index contributed by atoms with van der Waals surface area (Å²) in [7, 11) is 0. The lowest BCUT2D eigenvalue weighted by molar-refractivity contribution is 0.193. The van der Waals surface area contributed by atoms with Gasteiger partial charge in [0.15, 0.2) is 5.67 Å². The van der Waals surface area contributed by atoms with Crippen molar-refractivity contribution in [3.05, 3.63) is 12.4 Å². The largest absolute Gasteiger partial charge is 0.236 e. The molecule has 1 unspecified atom stereocenters. The molecular formula is C6H10F2. The van der Waals surface area contributed by atoms with Crippen molar-refractivity contribution in [2.45, 2.75) is 25.9 Å². The first kappa shape index (κ1) is 7.60. The zero-order valence-electron chi connectivity index (χ0n) is 5.17. The first-order valence-electron chi connectivity index (χ1n) is 2.54. The average Bonchev–Trinajstić information content (AvgIpc) is 1.67. The van der Waals surface area contributed by atoms with Gasteiger partial charge in [0.2, 0.25) is 0 Å². The van der Waals surface area contributed by atoms with Gasteiger partial charge in [0.05, 0.1) is 0 Å². The molecule has 0 saturated heterocycles. The van der Waals surface area contributed by atoms with Gasteiger partial charge in [0, 0.05) is 0 Å². The van der Waals surface area contributed by atoms with Gasteiger partial charge in [-0.25, -0.2) is 8.78 Å². The number of halogens is 2. The molecule has 1 atom stereocenters. The summed E-state index contributed by atoms with van der Waals surface area (Å²) in [6.07, 6.45) is 0.141. The minimum atomic E-state index is -1.82. The van der Waals surface area contributed by atoms with E-state index in [9.17, 15) is 8.78 Å². The molecule has 48 valence electrons. The summed E-state index contributed by atoms with van der Waals surface area (Å²) in [5, 5.41) is 0. The third kappa shape index (κ3) is 1.60. The molecular weight excluding hydrogens is 110 g/mol. The summed E-state index contributed by atoms with van der Waals surface area (Å²) in [4.78, 5) is 0. The molecule has 0 aromatic heterocycles. The van der Waals surface area contributed by atoms with E-state index in [0.717, 1.165) is 0 Å². The highest BCUT2D eigenvalue weighted by molar-refractivity contribution is 5.00. The van der Waals surface area contributed by atoms with Crippen molar-refractivity contribution in [3.63, 3.8) is 0 Å². The molecule has 0 aromatic rings. The van der Waals surface area contributed by atoms with Gasteiger partial charge < -0.3 is 0 Å². The van der Waals surface area contributed by atoms with Crippen LogP contribution in [0.15, 0.2) is 12.4 Å². The van der Waals surface area contributed by atoms with E-state index >= 15 is 0 Å². The van der Waals surface area contributed by atoms with E-state index in [-0.39, 0.29) is 6.42 Å². The maximum absolute atomic E-state index is 12.5. The van der Waals surface area contributed by atoms with Crippen LogP contribution in [0.3, 0.4) is 0 Å². The third-order valence-corrected chi connectivity index (χ3v) is 1.23. The lowest BCUT2D eigenvalue weighted by atomic mass is 10.1. The second kappa shape index (κ2) is 2.25. The van der Waals surface area contributed by atoms with Gasteiger partial charge in [0.25, 0.3) is 0 Å². The van der Waals surface area contributed by atoms with E-state index in [1.54, 1.807) is 6.92 Å². The summed E-state index contributed by atoms with van der Waals surface area (Å²) in [6, 6.07) is 0. The SMILES string of the molecule is C=C(F)C(C)(F)CC. The molecule has 0 nitrogen and oxygen atoms in total. The molecule has 0 spiro atoms. The number of hydrogen-bond donors (Lipinski definition) is 0. The maximum atomic E-state index is 12.5. The van der Waals surface area contributed by atoms with Crippen molar-refractivity contribution in [1.29, 1.82) is 0 Å². The summed E-state index contributed by atoms with van der Waals surface area (Å²) in [6.45, 7) is 5.61. The third-order valence-electron chi connectivity index (χ3n) is 1.23. The minimum Gasteiger partial charge on any atom is -0.236 e. The number of rotatable bonds is 2. The Morgan fingerprint density at radius 1 is 1.75 bits per heavy atom. The molecule has 0 radical (unpaired) electrons. The van der Waals surface area contributed by atoms with Crippen molar-refractivity contribution in [2.75, 3.05) is 0 Å². The monoisotopic (exact) mass is 120 g/mol. The normalized spacial score (nSPS) is 17.5. The molecule has 8 heavy (non-hydrogen) atoms. The highest BCUT2D eigenvalue weighted by atomic mass is 19.2. The summed E-state index contributed by atoms with van der Waals surface area (Å²) in [5.74, 6) is -0.889. The fourth-order valence-corrected chi connectivity index (χ4v) is 0.192. The van der Waals surface area contributed by atoms with Crippen molar-refractivity contribution < 1.29 is 8.78 Å². The quantitative estimate of drug-likeness (QED) is 0.525. The van der Waals surface area contributed by atoms with Gasteiger partial charge in [-0.05, 0) is 13.3 Å². The predicted octanol–water partition coefficient (Wildman–Crippen LogP) is 2.61. The van der Waals surface area contributed by atoms with Gasteiger partial charge in [-0.1, -0.05) is 13.5 Å². The molecule has 0 saturated carbocycles. The Labute approximate surface area is 48.2 Å². The fraction of sp³-hybridized carbons (Fsp3) is 0.667. The first-order chi connectivity index (χ1) is 3.50. The number of alkyl halides is 1. The fourth-order valence-electron chi connectivity index (χ4n) is 0.192. The zero-order chi connectivity index (χ0) is 6.78. The zero-order valence-corrected chi connectivity index (χ0v) is 5.17. The van der Waals surface area contributed by atoms with E-state index < -0.39 is 11.5 Å². The van der Waals surface area contributed by atoms with Crippen LogP contribution in [-0.4, -0.2) is 5.67 Å². The Kier molecular flexibility index (Phi) is 2.13. The van der Waals surface area contributed by atoms with Gasteiger partial charge in [-0.15, -0.1) is 0 Å². The average molecular weight is 120 g/mol. The Balaban J connectivity index is 3.91. The molecule has 0 bridgehead atoms. The van der Waals surface area contributed by atoms with Crippen molar-refractivity contribution in [1.82, 2.24) is 0 Å². The van der Waals surface area contributed by atoms with Crippen LogP contribution in [0.4, 0.5) is 8.78 Å². The van der Waals surface area contributed by atoms with Gasteiger partial charge in [-0.2, -0.15) is 0 Å². The van der Waals surface area contributed by atoms with Crippen LogP contribution in [-0.2, 0) is 0 Å². The Morgan fingerprint density at radius 2 is 2.12 bits per heavy atom. The van der Waals surface area contributed by atoms with Crippen molar-refractivity contribution >= 4 is 0 Å². The molecule has 0 aromatic carbocycles. The van der Waals surface area contributed by atoms with E-state index in [0.29, 0.717) is 0 Å². The van der Waals surface area contributed by atoms with Crippen molar-refractivity contribution in [3.8, 4) is 0 Å². The van der Waals surface area contributed by atoms with Gasteiger partial charge in [0.1, 0.15) is 5.83 Å². The lowest BCUT2D eigenvalue weighted by Crippen LogP contribution is -2.15. The molecule has 0 aliphatic rings. The molecule has 0 amide bonds. The highest BCUT2D eigenvalue weighted by Crippen LogP contribution is 2.23. The Morgan fingerprint density at radius 3 is 2.12 bits per heavy atom. The molecule has 0 aliphatic heterocycles. The smallest absolute Gasteiger partial charge is 0.158 e. The minimum absolute atomic E-state index is 0.141. The maximum Gasteiger partial charge on any atom is 0.158 e. The standard InChI is InChI=1S/C6H10F2/c1-4-6(3,8)5(2)7/h2,4H2,1,3H3. The van der Waals surface area contributed by atoms with Crippen LogP contribution in [0.25, 0.3) is 0 Å². The van der Waals surface area contributed by atoms with Crippen LogP contribution in [0, 0.1) is 0 Å². The Bertz CT molecular complexity index is 94.7. The molecule has 0 rings (SSSR count). The van der Waals surface area contributed by atoms with Gasteiger partial charge >= 0.3 is 0 Å². The summed E-state index contributed by atoms with van der Waals surface area (Å²) < 4.78 is 24.4. The van der Waals surface area contributed by atoms with Crippen LogP contribution in [0.5, 0.6) is 0 Å². The Hall–Kier alpha value is -0.400. The second-order valence-corrected chi connectivity index (χ2v) is 1.96. The van der Waals surface area contributed by atoms with E-state index in [2.05, 4.69) is 6.58 Å². The first-order valence-corrected chi connectivity index (χ1v) is 2.54. The topological polar surface area (TPSA) is 0 Å². The lowest BCUT2D eigenvalue weighted by Gasteiger charge is -2.13. The molecule has 0 aliphatic carbocycles. The van der Waals surface area contributed by atoms with Crippen LogP contribution >= 0.6 is 0 Å². The number of hydrogen-bond acceptors (Lipinski definition) is 0. The van der Waals surface area contributed by atoms with Crippen LogP contribution in [0.1, 0.15) is 20.3 Å².